The quantitative estimate of drug-likeness (QED) is 0.384. The van der Waals surface area contributed by atoms with Gasteiger partial charge in [0.2, 0.25) is 11.8 Å². The van der Waals surface area contributed by atoms with Gasteiger partial charge in [-0.05, 0) is 57.0 Å². The van der Waals surface area contributed by atoms with E-state index in [1.165, 1.54) is 0 Å². The summed E-state index contributed by atoms with van der Waals surface area (Å²) in [6.07, 6.45) is 0.619. The van der Waals surface area contributed by atoms with Crippen LogP contribution in [0.4, 0.5) is 0 Å². The molecular weight excluding hydrogens is 476 g/mol. The molecule has 3 rings (SSSR count). The Kier molecular flexibility index (Phi) is 9.53. The highest BCUT2D eigenvalue weighted by Crippen LogP contribution is 2.29. The van der Waals surface area contributed by atoms with Crippen LogP contribution in [-0.2, 0) is 27.8 Å². The highest BCUT2D eigenvalue weighted by atomic mass is 35.5. The number of rotatable bonds is 12. The zero-order valence-electron chi connectivity index (χ0n) is 19.6. The highest BCUT2D eigenvalue weighted by molar-refractivity contribution is 7.84. The van der Waals surface area contributed by atoms with E-state index in [9.17, 15) is 9.00 Å². The smallest absolute Gasteiger partial charge is 0.232 e. The zero-order valence-corrected chi connectivity index (χ0v) is 21.1. The molecule has 34 heavy (non-hydrogen) atoms. The van der Waals surface area contributed by atoms with Crippen molar-refractivity contribution in [2.45, 2.75) is 32.9 Å². The number of ether oxygens (including phenoxy) is 2. The molecule has 1 amide bonds. The Labute approximate surface area is 207 Å². The van der Waals surface area contributed by atoms with Gasteiger partial charge in [-0.15, -0.1) is 0 Å². The summed E-state index contributed by atoms with van der Waals surface area (Å²) in [5, 5.41) is 3.35. The molecule has 0 aliphatic rings. The summed E-state index contributed by atoms with van der Waals surface area (Å²) in [5.74, 6) is 2.07. The lowest BCUT2D eigenvalue weighted by Gasteiger charge is -2.12. The van der Waals surface area contributed by atoms with Crippen molar-refractivity contribution in [1.82, 2.24) is 10.3 Å². The third-order valence-corrected chi connectivity index (χ3v) is 6.44. The predicted molar refractivity (Wildman–Crippen MR) is 134 cm³/mol. The molecule has 1 atom stereocenters. The van der Waals surface area contributed by atoms with Gasteiger partial charge in [-0.25, -0.2) is 4.98 Å². The van der Waals surface area contributed by atoms with E-state index in [-0.39, 0.29) is 17.4 Å². The Hall–Kier alpha value is -2.84. The van der Waals surface area contributed by atoms with Crippen LogP contribution in [0, 0.1) is 6.92 Å². The standard InChI is InChI=1S/C25H29ClN2O5S/c1-4-31-22-11-10-18(14-23(22)32-5-2)12-13-27-24(29)16-34(30)15-21-17(3)33-25(28-21)19-8-6-7-9-20(19)26/h6-11,14H,4-5,12-13,15-16H2,1-3H3,(H,27,29)/t34-/m0/s1. The van der Waals surface area contributed by atoms with Crippen molar-refractivity contribution in [3.05, 3.63) is 64.5 Å². The normalized spacial score (nSPS) is 11.8. The van der Waals surface area contributed by atoms with Gasteiger partial charge < -0.3 is 19.2 Å². The third kappa shape index (κ3) is 7.08. The molecule has 1 aromatic heterocycles. The predicted octanol–water partition coefficient (Wildman–Crippen LogP) is 4.71. The number of carbonyl (C=O) groups is 1. The van der Waals surface area contributed by atoms with Crippen LogP contribution in [0.1, 0.15) is 30.9 Å². The van der Waals surface area contributed by atoms with Crippen molar-refractivity contribution < 1.29 is 22.9 Å². The summed E-state index contributed by atoms with van der Waals surface area (Å²) in [4.78, 5) is 16.7. The van der Waals surface area contributed by atoms with Crippen LogP contribution in [0.2, 0.25) is 5.02 Å². The fourth-order valence-corrected chi connectivity index (χ4v) is 4.60. The monoisotopic (exact) mass is 504 g/mol. The first-order chi connectivity index (χ1) is 16.4. The van der Waals surface area contributed by atoms with Gasteiger partial charge in [0, 0.05) is 17.3 Å². The van der Waals surface area contributed by atoms with Crippen molar-refractivity contribution in [3.8, 4) is 23.0 Å². The Bertz CT molecular complexity index is 1150. The highest BCUT2D eigenvalue weighted by Gasteiger charge is 2.17. The third-order valence-electron chi connectivity index (χ3n) is 4.93. The maximum Gasteiger partial charge on any atom is 0.232 e. The van der Waals surface area contributed by atoms with E-state index in [4.69, 9.17) is 25.5 Å². The van der Waals surface area contributed by atoms with E-state index >= 15 is 0 Å². The van der Waals surface area contributed by atoms with Crippen molar-refractivity contribution in [3.63, 3.8) is 0 Å². The summed E-state index contributed by atoms with van der Waals surface area (Å²) < 4.78 is 29.5. The average Bonchev–Trinajstić information content (AvgIpc) is 3.15. The molecule has 0 radical (unpaired) electrons. The Morgan fingerprint density at radius 1 is 1.12 bits per heavy atom. The second kappa shape index (κ2) is 12.6. The topological polar surface area (TPSA) is 90.7 Å². The molecule has 0 aliphatic carbocycles. The number of oxazole rings is 1. The van der Waals surface area contributed by atoms with Crippen LogP contribution in [0.3, 0.4) is 0 Å². The maximum absolute atomic E-state index is 12.5. The van der Waals surface area contributed by atoms with Crippen LogP contribution in [0.25, 0.3) is 11.5 Å². The number of aryl methyl sites for hydroxylation is 1. The zero-order chi connectivity index (χ0) is 24.5. The summed E-state index contributed by atoms with van der Waals surface area (Å²) in [6.45, 7) is 7.12. The summed E-state index contributed by atoms with van der Waals surface area (Å²) >= 11 is 6.21. The first-order valence-corrected chi connectivity index (χ1v) is 13.0. The van der Waals surface area contributed by atoms with E-state index < -0.39 is 10.8 Å². The first-order valence-electron chi connectivity index (χ1n) is 11.1. The van der Waals surface area contributed by atoms with E-state index in [0.29, 0.717) is 65.6 Å². The molecule has 0 aliphatic heterocycles. The molecule has 9 heteroatoms. The second-order valence-electron chi connectivity index (χ2n) is 7.48. The molecule has 0 unspecified atom stereocenters. The van der Waals surface area contributed by atoms with Crippen LogP contribution in [0.5, 0.6) is 11.5 Å². The molecular formula is C25H29ClN2O5S. The molecule has 7 nitrogen and oxygen atoms in total. The number of nitrogens with zero attached hydrogens (tertiary/aromatic N) is 1. The van der Waals surface area contributed by atoms with Crippen molar-refractivity contribution in [2.75, 3.05) is 25.5 Å². The number of amides is 1. The molecule has 0 spiro atoms. The van der Waals surface area contributed by atoms with Crippen molar-refractivity contribution >= 4 is 28.3 Å². The van der Waals surface area contributed by atoms with E-state index in [2.05, 4.69) is 10.3 Å². The summed E-state index contributed by atoms with van der Waals surface area (Å²) in [6, 6.07) is 13.0. The number of hydrogen-bond donors (Lipinski definition) is 1. The van der Waals surface area contributed by atoms with Crippen LogP contribution in [-0.4, -0.2) is 40.6 Å². The Morgan fingerprint density at radius 2 is 1.85 bits per heavy atom. The van der Waals surface area contributed by atoms with Crippen LogP contribution < -0.4 is 14.8 Å². The number of hydrogen-bond acceptors (Lipinski definition) is 6. The lowest BCUT2D eigenvalue weighted by atomic mass is 10.1. The van der Waals surface area contributed by atoms with Gasteiger partial charge in [0.25, 0.3) is 0 Å². The van der Waals surface area contributed by atoms with E-state index in [1.807, 2.05) is 50.2 Å². The number of carbonyl (C=O) groups excluding carboxylic acids is 1. The average molecular weight is 505 g/mol. The molecule has 1 N–H and O–H groups in total. The first kappa shape index (κ1) is 25.8. The van der Waals surface area contributed by atoms with Crippen molar-refractivity contribution in [1.29, 1.82) is 0 Å². The second-order valence-corrected chi connectivity index (χ2v) is 9.34. The largest absolute Gasteiger partial charge is 0.490 e. The van der Waals surface area contributed by atoms with E-state index in [1.54, 1.807) is 13.0 Å². The Balaban J connectivity index is 1.50. The fourth-order valence-electron chi connectivity index (χ4n) is 3.31. The van der Waals surface area contributed by atoms with Gasteiger partial charge in [0.1, 0.15) is 11.5 Å². The van der Waals surface area contributed by atoms with E-state index in [0.717, 1.165) is 5.56 Å². The molecule has 0 saturated carbocycles. The van der Waals surface area contributed by atoms with Crippen LogP contribution >= 0.6 is 11.6 Å². The van der Waals surface area contributed by atoms with Gasteiger partial charge in [-0.1, -0.05) is 29.8 Å². The van der Waals surface area contributed by atoms with Gasteiger partial charge in [-0.3, -0.25) is 9.00 Å². The molecule has 182 valence electrons. The number of halogens is 1. The number of nitrogens with one attached hydrogen (secondary N) is 1. The Morgan fingerprint density at radius 3 is 2.59 bits per heavy atom. The molecule has 1 heterocycles. The number of benzene rings is 2. The molecule has 0 bridgehead atoms. The minimum atomic E-state index is -1.42. The summed E-state index contributed by atoms with van der Waals surface area (Å²) in [7, 11) is -1.42. The number of aromatic nitrogens is 1. The molecule has 0 saturated heterocycles. The summed E-state index contributed by atoms with van der Waals surface area (Å²) in [5.41, 5.74) is 2.24. The maximum atomic E-state index is 12.5. The van der Waals surface area contributed by atoms with Gasteiger partial charge in [0.05, 0.1) is 35.2 Å². The molecule has 0 fully saturated rings. The minimum Gasteiger partial charge on any atom is -0.490 e. The van der Waals surface area contributed by atoms with Gasteiger partial charge >= 0.3 is 0 Å². The van der Waals surface area contributed by atoms with Crippen molar-refractivity contribution in [2.24, 2.45) is 0 Å². The van der Waals surface area contributed by atoms with Crippen LogP contribution in [0.15, 0.2) is 46.9 Å². The van der Waals surface area contributed by atoms with Gasteiger partial charge in [-0.2, -0.15) is 0 Å². The minimum absolute atomic E-state index is 0.110. The molecule has 3 aromatic rings. The van der Waals surface area contributed by atoms with Gasteiger partial charge in [0.15, 0.2) is 11.5 Å². The lowest BCUT2D eigenvalue weighted by Crippen LogP contribution is -2.30. The molecule has 2 aromatic carbocycles. The lowest BCUT2D eigenvalue weighted by molar-refractivity contribution is -0.118. The fraction of sp³-hybridized carbons (Fsp3) is 0.360. The SMILES string of the molecule is CCOc1ccc(CCNC(=O)C[S@@](=O)Cc2nc(-c3ccccc3Cl)oc2C)cc1OCC.